The molecule has 1 aliphatic rings. The Kier molecular flexibility index (Phi) is 11.0. The van der Waals surface area contributed by atoms with E-state index in [1.54, 1.807) is 26.0 Å². The molecule has 0 saturated carbocycles. The zero-order chi connectivity index (χ0) is 17.4. The Balaban J connectivity index is 0.00000529. The molecule has 1 rings (SSSR count). The van der Waals surface area contributed by atoms with Crippen LogP contribution in [0.15, 0.2) is 4.99 Å². The molecule has 1 aliphatic heterocycles. The lowest BCUT2D eigenvalue weighted by molar-refractivity contribution is -0.127. The number of halogens is 1. The maximum Gasteiger partial charge on any atom is 0.243 e. The first kappa shape index (κ1) is 22.9. The molecule has 2 N–H and O–H groups in total. The second kappa shape index (κ2) is 11.5. The van der Waals surface area contributed by atoms with Crippen molar-refractivity contribution < 1.29 is 9.59 Å². The smallest absolute Gasteiger partial charge is 0.243 e. The van der Waals surface area contributed by atoms with Gasteiger partial charge in [0.15, 0.2) is 5.96 Å². The number of carbonyl (C=O) groups is 2. The summed E-state index contributed by atoms with van der Waals surface area (Å²) >= 11 is 0. The molecule has 140 valence electrons. The molecule has 7 nitrogen and oxygen atoms in total. The number of piperidine rings is 1. The highest BCUT2D eigenvalue weighted by molar-refractivity contribution is 14.0. The maximum atomic E-state index is 11.8. The Labute approximate surface area is 162 Å². The van der Waals surface area contributed by atoms with E-state index in [4.69, 9.17) is 0 Å². The molecule has 0 aromatic rings. The molecule has 8 heteroatoms. The van der Waals surface area contributed by atoms with Crippen molar-refractivity contribution in [1.82, 2.24) is 20.4 Å². The fourth-order valence-electron chi connectivity index (χ4n) is 2.49. The van der Waals surface area contributed by atoms with Gasteiger partial charge in [0, 0.05) is 46.7 Å². The van der Waals surface area contributed by atoms with Gasteiger partial charge in [-0.3, -0.25) is 9.59 Å². The fourth-order valence-corrected chi connectivity index (χ4v) is 2.49. The van der Waals surface area contributed by atoms with E-state index in [0.717, 1.165) is 31.9 Å². The average Bonchev–Trinajstić information content (AvgIpc) is 2.51. The minimum absolute atomic E-state index is 0. The van der Waals surface area contributed by atoms with Crippen LogP contribution in [0, 0.1) is 5.92 Å². The summed E-state index contributed by atoms with van der Waals surface area (Å²) in [6.07, 6.45) is 2.52. The molecule has 0 spiro atoms. The van der Waals surface area contributed by atoms with Gasteiger partial charge in [0.25, 0.3) is 0 Å². The van der Waals surface area contributed by atoms with Gasteiger partial charge >= 0.3 is 0 Å². The van der Waals surface area contributed by atoms with Crippen LogP contribution in [-0.2, 0) is 9.59 Å². The standard InChI is InChI=1S/C16H31N5O2.HI/c1-12(2)19-16(18-11-15(23)20(4)5)21-8-6-13(7-9-21)10-14(22)17-3;/h12-13H,6-11H2,1-5H3,(H,17,22)(H,18,19);1H. The van der Waals surface area contributed by atoms with E-state index in [0.29, 0.717) is 12.3 Å². The maximum absolute atomic E-state index is 11.8. The van der Waals surface area contributed by atoms with Crippen LogP contribution in [0.5, 0.6) is 0 Å². The molecule has 1 heterocycles. The van der Waals surface area contributed by atoms with Crippen molar-refractivity contribution in [3.8, 4) is 0 Å². The summed E-state index contributed by atoms with van der Waals surface area (Å²) in [4.78, 5) is 31.4. The summed E-state index contributed by atoms with van der Waals surface area (Å²) in [5, 5.41) is 6.02. The first-order valence-corrected chi connectivity index (χ1v) is 8.30. The molecule has 0 aliphatic carbocycles. The van der Waals surface area contributed by atoms with Crippen molar-refractivity contribution in [3.63, 3.8) is 0 Å². The fraction of sp³-hybridized carbons (Fsp3) is 0.812. The zero-order valence-corrected chi connectivity index (χ0v) is 17.8. The van der Waals surface area contributed by atoms with E-state index < -0.39 is 0 Å². The molecule has 24 heavy (non-hydrogen) atoms. The Bertz CT molecular complexity index is 432. The number of amides is 2. The van der Waals surface area contributed by atoms with Gasteiger partial charge in [0.2, 0.25) is 11.8 Å². The van der Waals surface area contributed by atoms with Crippen molar-refractivity contribution in [2.75, 3.05) is 40.8 Å². The lowest BCUT2D eigenvalue weighted by Gasteiger charge is -2.34. The molecule has 0 aromatic heterocycles. The number of carbonyl (C=O) groups excluding carboxylic acids is 2. The predicted molar refractivity (Wildman–Crippen MR) is 108 cm³/mol. The molecule has 2 amide bonds. The molecule has 0 atom stereocenters. The molecule has 0 radical (unpaired) electrons. The number of hydrogen-bond donors (Lipinski definition) is 2. The van der Waals surface area contributed by atoms with E-state index >= 15 is 0 Å². The van der Waals surface area contributed by atoms with Gasteiger partial charge in [0.05, 0.1) is 0 Å². The largest absolute Gasteiger partial charge is 0.359 e. The first-order chi connectivity index (χ1) is 10.8. The number of rotatable bonds is 5. The number of nitrogens with one attached hydrogen (secondary N) is 2. The van der Waals surface area contributed by atoms with Crippen molar-refractivity contribution in [2.45, 2.75) is 39.2 Å². The topological polar surface area (TPSA) is 77.0 Å². The highest BCUT2D eigenvalue weighted by Gasteiger charge is 2.23. The number of likely N-dealkylation sites (N-methyl/N-ethyl adjacent to an activating group) is 1. The van der Waals surface area contributed by atoms with Crippen LogP contribution < -0.4 is 10.6 Å². The molecular formula is C16H32IN5O2. The summed E-state index contributed by atoms with van der Waals surface area (Å²) in [5.41, 5.74) is 0. The van der Waals surface area contributed by atoms with Gasteiger partial charge in [0.1, 0.15) is 6.54 Å². The molecular weight excluding hydrogens is 421 g/mol. The van der Waals surface area contributed by atoms with Crippen molar-refractivity contribution in [2.24, 2.45) is 10.9 Å². The second-order valence-corrected chi connectivity index (χ2v) is 6.53. The molecule has 1 saturated heterocycles. The van der Waals surface area contributed by atoms with Crippen LogP contribution in [0.4, 0.5) is 0 Å². The van der Waals surface area contributed by atoms with Gasteiger partial charge in [-0.15, -0.1) is 24.0 Å². The van der Waals surface area contributed by atoms with Gasteiger partial charge in [-0.05, 0) is 32.6 Å². The van der Waals surface area contributed by atoms with Crippen molar-refractivity contribution in [3.05, 3.63) is 0 Å². The van der Waals surface area contributed by atoms with Crippen LogP contribution in [0.3, 0.4) is 0 Å². The van der Waals surface area contributed by atoms with E-state index in [1.807, 2.05) is 0 Å². The third kappa shape index (κ3) is 8.16. The number of hydrogen-bond acceptors (Lipinski definition) is 3. The SMILES string of the molecule is CNC(=O)CC1CCN(C(=NCC(=O)N(C)C)NC(C)C)CC1.I. The van der Waals surface area contributed by atoms with Gasteiger partial charge in [-0.1, -0.05) is 0 Å². The van der Waals surface area contributed by atoms with Gasteiger partial charge < -0.3 is 20.4 Å². The summed E-state index contributed by atoms with van der Waals surface area (Å²) < 4.78 is 0. The predicted octanol–water partition coefficient (Wildman–Crippen LogP) is 0.895. The van der Waals surface area contributed by atoms with Crippen molar-refractivity contribution in [1.29, 1.82) is 0 Å². The van der Waals surface area contributed by atoms with Crippen LogP contribution in [-0.4, -0.2) is 74.4 Å². The van der Waals surface area contributed by atoms with Crippen LogP contribution in [0.1, 0.15) is 33.1 Å². The lowest BCUT2D eigenvalue weighted by atomic mass is 9.93. The normalized spacial score (nSPS) is 15.8. The van der Waals surface area contributed by atoms with E-state index in [9.17, 15) is 9.59 Å². The van der Waals surface area contributed by atoms with Gasteiger partial charge in [-0.25, -0.2) is 4.99 Å². The molecule has 0 aromatic carbocycles. The summed E-state index contributed by atoms with van der Waals surface area (Å²) in [7, 11) is 5.14. The van der Waals surface area contributed by atoms with Crippen molar-refractivity contribution >= 4 is 41.8 Å². The van der Waals surface area contributed by atoms with Crippen LogP contribution >= 0.6 is 24.0 Å². The zero-order valence-electron chi connectivity index (χ0n) is 15.5. The minimum Gasteiger partial charge on any atom is -0.359 e. The molecule has 0 unspecified atom stereocenters. The Morgan fingerprint density at radius 2 is 1.83 bits per heavy atom. The Morgan fingerprint density at radius 1 is 1.25 bits per heavy atom. The first-order valence-electron chi connectivity index (χ1n) is 8.30. The van der Waals surface area contributed by atoms with E-state index in [-0.39, 0.29) is 48.4 Å². The number of guanidine groups is 1. The Hall–Kier alpha value is -1.06. The number of nitrogens with zero attached hydrogens (tertiary/aromatic N) is 3. The highest BCUT2D eigenvalue weighted by atomic mass is 127. The molecule has 0 bridgehead atoms. The van der Waals surface area contributed by atoms with Gasteiger partial charge in [-0.2, -0.15) is 0 Å². The highest BCUT2D eigenvalue weighted by Crippen LogP contribution is 2.20. The summed E-state index contributed by atoms with van der Waals surface area (Å²) in [6.45, 7) is 5.98. The van der Waals surface area contributed by atoms with E-state index in [2.05, 4.69) is 34.4 Å². The molecule has 1 fully saturated rings. The van der Waals surface area contributed by atoms with Crippen LogP contribution in [0.2, 0.25) is 0 Å². The average molecular weight is 453 g/mol. The number of likely N-dealkylation sites (tertiary alicyclic amines) is 1. The Morgan fingerprint density at radius 3 is 2.29 bits per heavy atom. The monoisotopic (exact) mass is 453 g/mol. The second-order valence-electron chi connectivity index (χ2n) is 6.53. The minimum atomic E-state index is -0.0115. The number of aliphatic imine (C=N–C) groups is 1. The third-order valence-corrected chi connectivity index (χ3v) is 3.95. The third-order valence-electron chi connectivity index (χ3n) is 3.95. The van der Waals surface area contributed by atoms with E-state index in [1.165, 1.54) is 0 Å². The van der Waals surface area contributed by atoms with Crippen LogP contribution in [0.25, 0.3) is 0 Å². The summed E-state index contributed by atoms with van der Waals surface area (Å²) in [6, 6.07) is 0.256. The summed E-state index contributed by atoms with van der Waals surface area (Å²) in [5.74, 6) is 1.31. The lowest BCUT2D eigenvalue weighted by Crippen LogP contribution is -2.48. The quantitative estimate of drug-likeness (QED) is 0.369.